The number of carbonyl (C=O) groups is 5. The van der Waals surface area contributed by atoms with Gasteiger partial charge in [-0.3, -0.25) is 19.7 Å². The Labute approximate surface area is 223 Å². The van der Waals surface area contributed by atoms with Crippen LogP contribution in [0.25, 0.3) is 6.08 Å². The van der Waals surface area contributed by atoms with Crippen LogP contribution in [0, 0.1) is 0 Å². The van der Waals surface area contributed by atoms with Gasteiger partial charge in [0.05, 0.1) is 25.5 Å². The number of amides is 5. The Balaban J connectivity index is 1.51. The normalized spacial score (nSPS) is 14.1. The van der Waals surface area contributed by atoms with E-state index in [-0.39, 0.29) is 40.8 Å². The lowest BCUT2D eigenvalue weighted by atomic mass is 10.1. The number of urea groups is 1. The molecule has 4 rings (SSSR count). The Morgan fingerprint density at radius 2 is 1.64 bits per heavy atom. The highest BCUT2D eigenvalue weighted by Gasteiger charge is 2.37. The van der Waals surface area contributed by atoms with Crippen molar-refractivity contribution < 1.29 is 38.2 Å². The number of anilines is 2. The molecule has 1 fully saturated rings. The van der Waals surface area contributed by atoms with E-state index < -0.39 is 23.8 Å². The number of para-hydroxylation sites is 1. The molecule has 0 bridgehead atoms. The first kappa shape index (κ1) is 26.6. The van der Waals surface area contributed by atoms with Gasteiger partial charge in [-0.1, -0.05) is 24.3 Å². The van der Waals surface area contributed by atoms with E-state index in [0.717, 1.165) is 4.90 Å². The molecule has 11 heteroatoms. The summed E-state index contributed by atoms with van der Waals surface area (Å²) in [5, 5.41) is 4.84. The zero-order chi connectivity index (χ0) is 27.9. The molecule has 0 radical (unpaired) electrons. The zero-order valence-corrected chi connectivity index (χ0v) is 20.9. The second-order valence-electron chi connectivity index (χ2n) is 8.11. The fourth-order valence-corrected chi connectivity index (χ4v) is 3.68. The van der Waals surface area contributed by atoms with Gasteiger partial charge in [-0.15, -0.1) is 0 Å². The summed E-state index contributed by atoms with van der Waals surface area (Å²) >= 11 is 0. The molecule has 198 valence electrons. The van der Waals surface area contributed by atoms with Gasteiger partial charge in [-0.05, 0) is 60.2 Å². The van der Waals surface area contributed by atoms with Crippen molar-refractivity contribution in [3.63, 3.8) is 0 Å². The second-order valence-corrected chi connectivity index (χ2v) is 8.11. The SMILES string of the molecule is COC(=O)c1ccc(N2C(=O)NC(=O)/C(=C\c3ccc(OCC(=O)Nc4ccccc4)c(OC)c3)C2=O)cc1. The van der Waals surface area contributed by atoms with Gasteiger partial charge in [0.1, 0.15) is 5.57 Å². The number of nitrogens with one attached hydrogen (secondary N) is 2. The minimum Gasteiger partial charge on any atom is -0.493 e. The van der Waals surface area contributed by atoms with E-state index >= 15 is 0 Å². The van der Waals surface area contributed by atoms with Crippen LogP contribution in [0.3, 0.4) is 0 Å². The van der Waals surface area contributed by atoms with Crippen molar-refractivity contribution in [2.45, 2.75) is 0 Å². The third-order valence-corrected chi connectivity index (χ3v) is 5.56. The molecule has 0 atom stereocenters. The molecule has 5 amide bonds. The first-order valence-electron chi connectivity index (χ1n) is 11.6. The van der Waals surface area contributed by atoms with Gasteiger partial charge in [0, 0.05) is 5.69 Å². The summed E-state index contributed by atoms with van der Waals surface area (Å²) < 4.78 is 15.6. The molecule has 1 saturated heterocycles. The van der Waals surface area contributed by atoms with Crippen molar-refractivity contribution >= 4 is 47.2 Å². The minimum absolute atomic E-state index is 0.152. The van der Waals surface area contributed by atoms with E-state index in [0.29, 0.717) is 11.3 Å². The number of barbiturate groups is 1. The Morgan fingerprint density at radius 1 is 0.923 bits per heavy atom. The molecule has 39 heavy (non-hydrogen) atoms. The van der Waals surface area contributed by atoms with Gasteiger partial charge in [0.25, 0.3) is 17.7 Å². The number of esters is 1. The highest BCUT2D eigenvalue weighted by Crippen LogP contribution is 2.30. The molecular weight excluding hydrogens is 506 g/mol. The van der Waals surface area contributed by atoms with Crippen LogP contribution in [0.2, 0.25) is 0 Å². The third-order valence-electron chi connectivity index (χ3n) is 5.56. The number of imide groups is 2. The number of benzene rings is 3. The lowest BCUT2D eigenvalue weighted by Gasteiger charge is -2.26. The van der Waals surface area contributed by atoms with Crippen molar-refractivity contribution in [2.24, 2.45) is 0 Å². The monoisotopic (exact) mass is 529 g/mol. The van der Waals surface area contributed by atoms with Crippen molar-refractivity contribution in [3.8, 4) is 11.5 Å². The summed E-state index contributed by atoms with van der Waals surface area (Å²) in [6, 6.07) is 18.2. The van der Waals surface area contributed by atoms with E-state index in [1.807, 2.05) is 6.07 Å². The molecule has 0 aliphatic carbocycles. The Bertz CT molecular complexity index is 1470. The molecule has 0 spiro atoms. The predicted octanol–water partition coefficient (Wildman–Crippen LogP) is 3.17. The summed E-state index contributed by atoms with van der Waals surface area (Å²) in [6.07, 6.45) is 1.30. The van der Waals surface area contributed by atoms with E-state index in [2.05, 4.69) is 15.4 Å². The molecule has 0 saturated carbocycles. The Morgan fingerprint density at radius 3 is 2.31 bits per heavy atom. The van der Waals surface area contributed by atoms with E-state index in [4.69, 9.17) is 9.47 Å². The topological polar surface area (TPSA) is 140 Å². The fourth-order valence-electron chi connectivity index (χ4n) is 3.68. The molecule has 0 unspecified atom stereocenters. The fraction of sp³-hybridized carbons (Fsp3) is 0.107. The Hall–Kier alpha value is -5.45. The van der Waals surface area contributed by atoms with Crippen molar-refractivity contribution in [1.29, 1.82) is 0 Å². The standard InChI is InChI=1S/C28H23N3O8/c1-37-23-15-17(8-13-22(23)39-16-24(32)29-19-6-4-3-5-7-19)14-21-25(33)30-28(36)31(26(21)34)20-11-9-18(10-12-20)27(35)38-2/h3-15H,16H2,1-2H3,(H,29,32)(H,30,33,36)/b21-14+. The number of nitrogens with zero attached hydrogens (tertiary/aromatic N) is 1. The number of ether oxygens (including phenoxy) is 3. The van der Waals surface area contributed by atoms with Gasteiger partial charge >= 0.3 is 12.0 Å². The zero-order valence-electron chi connectivity index (χ0n) is 20.9. The second kappa shape index (κ2) is 11.7. The van der Waals surface area contributed by atoms with Gasteiger partial charge < -0.3 is 19.5 Å². The Kier molecular flexibility index (Phi) is 8.00. The van der Waals surface area contributed by atoms with E-state index in [1.54, 1.807) is 30.3 Å². The summed E-state index contributed by atoms with van der Waals surface area (Å²) in [4.78, 5) is 62.8. The summed E-state index contributed by atoms with van der Waals surface area (Å²) in [6.45, 7) is -0.279. The summed E-state index contributed by atoms with van der Waals surface area (Å²) in [5.41, 5.74) is 1.11. The number of carbonyl (C=O) groups excluding carboxylic acids is 5. The molecule has 0 aromatic heterocycles. The first-order chi connectivity index (χ1) is 18.8. The maximum Gasteiger partial charge on any atom is 0.337 e. The van der Waals surface area contributed by atoms with Crippen LogP contribution in [-0.2, 0) is 19.1 Å². The lowest BCUT2D eigenvalue weighted by molar-refractivity contribution is -0.122. The smallest absolute Gasteiger partial charge is 0.337 e. The quantitative estimate of drug-likeness (QED) is 0.258. The van der Waals surface area contributed by atoms with Crippen LogP contribution in [-0.4, -0.2) is 50.5 Å². The van der Waals surface area contributed by atoms with E-state index in [9.17, 15) is 24.0 Å². The van der Waals surface area contributed by atoms with Crippen molar-refractivity contribution in [2.75, 3.05) is 31.0 Å². The van der Waals surface area contributed by atoms with Crippen LogP contribution >= 0.6 is 0 Å². The van der Waals surface area contributed by atoms with Crippen molar-refractivity contribution in [3.05, 3.63) is 89.5 Å². The van der Waals surface area contributed by atoms with Crippen LogP contribution in [0.5, 0.6) is 11.5 Å². The maximum atomic E-state index is 13.2. The molecule has 11 nitrogen and oxygen atoms in total. The highest BCUT2D eigenvalue weighted by molar-refractivity contribution is 6.39. The molecule has 1 aliphatic rings. The molecule has 3 aromatic rings. The maximum absolute atomic E-state index is 13.2. The summed E-state index contributed by atoms with van der Waals surface area (Å²) in [5.74, 6) is -2.15. The third kappa shape index (κ3) is 6.10. The molecule has 3 aromatic carbocycles. The van der Waals surface area contributed by atoms with Gasteiger partial charge in [0.15, 0.2) is 18.1 Å². The highest BCUT2D eigenvalue weighted by atomic mass is 16.5. The van der Waals surface area contributed by atoms with Gasteiger partial charge in [0.2, 0.25) is 0 Å². The van der Waals surface area contributed by atoms with Crippen LogP contribution < -0.4 is 25.0 Å². The molecular formula is C28H23N3O8. The predicted molar refractivity (Wildman–Crippen MR) is 140 cm³/mol. The average molecular weight is 530 g/mol. The van der Waals surface area contributed by atoms with Crippen molar-refractivity contribution in [1.82, 2.24) is 5.32 Å². The lowest BCUT2D eigenvalue weighted by Crippen LogP contribution is -2.54. The largest absolute Gasteiger partial charge is 0.493 e. The number of hydrogen-bond donors (Lipinski definition) is 2. The number of hydrogen-bond acceptors (Lipinski definition) is 8. The molecule has 1 aliphatic heterocycles. The molecule has 2 N–H and O–H groups in total. The number of rotatable bonds is 8. The molecule has 1 heterocycles. The average Bonchev–Trinajstić information content (AvgIpc) is 2.94. The van der Waals surface area contributed by atoms with Crippen LogP contribution in [0.1, 0.15) is 15.9 Å². The first-order valence-corrected chi connectivity index (χ1v) is 11.6. The van der Waals surface area contributed by atoms with E-state index in [1.165, 1.54) is 56.7 Å². The van der Waals surface area contributed by atoms with Gasteiger partial charge in [-0.25, -0.2) is 14.5 Å². The van der Waals surface area contributed by atoms with Crippen LogP contribution in [0.15, 0.2) is 78.4 Å². The summed E-state index contributed by atoms with van der Waals surface area (Å²) in [7, 11) is 2.64. The minimum atomic E-state index is -0.928. The van der Waals surface area contributed by atoms with Gasteiger partial charge in [-0.2, -0.15) is 0 Å². The van der Waals surface area contributed by atoms with Crippen LogP contribution in [0.4, 0.5) is 16.2 Å². The number of methoxy groups -OCH3 is 2.